The van der Waals surface area contributed by atoms with Gasteiger partial charge in [0.1, 0.15) is 36.4 Å². The van der Waals surface area contributed by atoms with Gasteiger partial charge in [0.2, 0.25) is 0 Å². The second kappa shape index (κ2) is 13.3. The third kappa shape index (κ3) is 7.69. The Morgan fingerprint density at radius 1 is 0.923 bits per heavy atom. The maximum absolute atomic E-state index is 13.1. The van der Waals surface area contributed by atoms with Gasteiger partial charge in [0.15, 0.2) is 11.5 Å². The molecule has 0 fully saturated rings. The van der Waals surface area contributed by atoms with Gasteiger partial charge in [-0.25, -0.2) is 4.39 Å². The van der Waals surface area contributed by atoms with E-state index in [4.69, 9.17) is 14.2 Å². The Bertz CT molecular complexity index is 1500. The highest BCUT2D eigenvalue weighted by Crippen LogP contribution is 2.35. The SMILES string of the molecule is COc1cc(/C=C(\C#N)C(=O)Nc2ccc(OCc3ccccc3)cc2)c(Br)cc1OCc1ccc(F)cc1. The van der Waals surface area contributed by atoms with E-state index in [1.54, 1.807) is 48.5 Å². The zero-order chi connectivity index (χ0) is 27.6. The van der Waals surface area contributed by atoms with Crippen molar-refractivity contribution in [3.05, 3.63) is 124 Å². The minimum absolute atomic E-state index is 0.0952. The highest BCUT2D eigenvalue weighted by atomic mass is 79.9. The predicted octanol–water partition coefficient (Wildman–Crippen LogP) is 7.30. The minimum Gasteiger partial charge on any atom is -0.493 e. The molecule has 0 aromatic heterocycles. The summed E-state index contributed by atoms with van der Waals surface area (Å²) in [5.41, 5.74) is 2.82. The number of hydrogen-bond acceptors (Lipinski definition) is 5. The molecule has 0 unspecified atom stereocenters. The number of nitrogens with one attached hydrogen (secondary N) is 1. The number of methoxy groups -OCH3 is 1. The van der Waals surface area contributed by atoms with Crippen molar-refractivity contribution in [1.82, 2.24) is 0 Å². The van der Waals surface area contributed by atoms with Gasteiger partial charge in [-0.2, -0.15) is 5.26 Å². The fourth-order valence-electron chi connectivity index (χ4n) is 3.55. The van der Waals surface area contributed by atoms with Gasteiger partial charge in [-0.05, 0) is 71.3 Å². The highest BCUT2D eigenvalue weighted by molar-refractivity contribution is 9.10. The van der Waals surface area contributed by atoms with E-state index in [0.717, 1.165) is 11.1 Å². The zero-order valence-corrected chi connectivity index (χ0v) is 22.6. The summed E-state index contributed by atoms with van der Waals surface area (Å²) in [5.74, 6) is 0.639. The number of ether oxygens (including phenoxy) is 3. The maximum atomic E-state index is 13.1. The average molecular weight is 587 g/mol. The minimum atomic E-state index is -0.557. The van der Waals surface area contributed by atoms with Crippen LogP contribution in [0.25, 0.3) is 6.08 Å². The predicted molar refractivity (Wildman–Crippen MR) is 151 cm³/mol. The first-order chi connectivity index (χ1) is 18.9. The van der Waals surface area contributed by atoms with Crippen LogP contribution in [0.4, 0.5) is 10.1 Å². The molecular formula is C31H24BrFN2O4. The van der Waals surface area contributed by atoms with Gasteiger partial charge >= 0.3 is 0 Å². The molecule has 0 aliphatic rings. The van der Waals surface area contributed by atoms with Crippen molar-refractivity contribution in [1.29, 1.82) is 5.26 Å². The molecular weight excluding hydrogens is 563 g/mol. The molecule has 0 aliphatic carbocycles. The molecule has 0 bridgehead atoms. The number of nitriles is 1. The number of rotatable bonds is 10. The van der Waals surface area contributed by atoms with Crippen LogP contribution in [0.3, 0.4) is 0 Å². The molecule has 0 radical (unpaired) electrons. The molecule has 0 saturated heterocycles. The van der Waals surface area contributed by atoms with E-state index in [1.165, 1.54) is 25.3 Å². The number of nitrogens with zero attached hydrogens (tertiary/aromatic N) is 1. The normalized spacial score (nSPS) is 10.9. The Labute approximate surface area is 234 Å². The van der Waals surface area contributed by atoms with Gasteiger partial charge in [-0.1, -0.05) is 58.4 Å². The van der Waals surface area contributed by atoms with Crippen molar-refractivity contribution in [2.45, 2.75) is 13.2 Å². The lowest BCUT2D eigenvalue weighted by Crippen LogP contribution is -2.13. The smallest absolute Gasteiger partial charge is 0.266 e. The number of carbonyl (C=O) groups excluding carboxylic acids is 1. The van der Waals surface area contributed by atoms with Crippen LogP contribution in [0.5, 0.6) is 17.2 Å². The molecule has 4 aromatic rings. The van der Waals surface area contributed by atoms with E-state index in [9.17, 15) is 14.4 Å². The lowest BCUT2D eigenvalue weighted by molar-refractivity contribution is -0.112. The van der Waals surface area contributed by atoms with Crippen molar-refractivity contribution in [2.24, 2.45) is 0 Å². The van der Waals surface area contributed by atoms with Crippen LogP contribution in [-0.2, 0) is 18.0 Å². The van der Waals surface area contributed by atoms with Gasteiger partial charge in [0, 0.05) is 10.2 Å². The number of amides is 1. The fourth-order valence-corrected chi connectivity index (χ4v) is 3.99. The first-order valence-corrected chi connectivity index (χ1v) is 12.7. The lowest BCUT2D eigenvalue weighted by atomic mass is 10.1. The topological polar surface area (TPSA) is 80.6 Å². The van der Waals surface area contributed by atoms with Crippen molar-refractivity contribution >= 4 is 33.6 Å². The van der Waals surface area contributed by atoms with E-state index in [-0.39, 0.29) is 18.0 Å². The summed E-state index contributed by atoms with van der Waals surface area (Å²) in [7, 11) is 1.49. The first-order valence-electron chi connectivity index (χ1n) is 11.9. The van der Waals surface area contributed by atoms with Crippen LogP contribution in [0.2, 0.25) is 0 Å². The summed E-state index contributed by atoms with van der Waals surface area (Å²) in [6.45, 7) is 0.641. The quantitative estimate of drug-likeness (QED) is 0.156. The van der Waals surface area contributed by atoms with E-state index in [2.05, 4.69) is 21.2 Å². The molecule has 4 rings (SSSR count). The number of hydrogen-bond donors (Lipinski definition) is 1. The summed E-state index contributed by atoms with van der Waals surface area (Å²) < 4.78 is 30.8. The Hall–Kier alpha value is -4.61. The molecule has 0 saturated carbocycles. The third-order valence-corrected chi connectivity index (χ3v) is 6.30. The Kier molecular flexibility index (Phi) is 9.33. The molecule has 0 atom stereocenters. The van der Waals surface area contributed by atoms with Crippen molar-refractivity contribution < 1.29 is 23.4 Å². The third-order valence-electron chi connectivity index (χ3n) is 5.62. The van der Waals surface area contributed by atoms with Gasteiger partial charge in [-0.15, -0.1) is 0 Å². The van der Waals surface area contributed by atoms with Gasteiger partial charge in [0.25, 0.3) is 5.91 Å². The summed E-state index contributed by atoms with van der Waals surface area (Å²) in [6, 6.07) is 28.0. The van der Waals surface area contributed by atoms with Gasteiger partial charge in [-0.3, -0.25) is 4.79 Å². The van der Waals surface area contributed by atoms with Crippen LogP contribution in [0, 0.1) is 17.1 Å². The number of halogens is 2. The largest absolute Gasteiger partial charge is 0.493 e. The zero-order valence-electron chi connectivity index (χ0n) is 21.0. The standard InChI is InChI=1S/C31H24BrFN2O4/c1-37-29-16-23(28(32)17-30(29)39-20-22-7-9-25(33)10-8-22)15-24(18-34)31(36)35-26-11-13-27(14-12-26)38-19-21-5-3-2-4-6-21/h2-17H,19-20H2,1H3,(H,35,36)/b24-15+. The van der Waals surface area contributed by atoms with Crippen LogP contribution in [0.1, 0.15) is 16.7 Å². The molecule has 39 heavy (non-hydrogen) atoms. The molecule has 6 nitrogen and oxygen atoms in total. The Balaban J connectivity index is 1.42. The Morgan fingerprint density at radius 2 is 1.59 bits per heavy atom. The molecule has 1 N–H and O–H groups in total. The lowest BCUT2D eigenvalue weighted by Gasteiger charge is -2.13. The van der Waals surface area contributed by atoms with Crippen molar-refractivity contribution in [2.75, 3.05) is 12.4 Å². The molecule has 4 aromatic carbocycles. The van der Waals surface area contributed by atoms with Crippen LogP contribution in [0.15, 0.2) is 101 Å². The van der Waals surface area contributed by atoms with Crippen molar-refractivity contribution in [3.8, 4) is 23.3 Å². The van der Waals surface area contributed by atoms with E-state index >= 15 is 0 Å². The second-order valence-corrected chi connectivity index (χ2v) is 9.22. The molecule has 8 heteroatoms. The summed E-state index contributed by atoms with van der Waals surface area (Å²) in [4.78, 5) is 12.8. The molecule has 0 spiro atoms. The Morgan fingerprint density at radius 3 is 2.26 bits per heavy atom. The van der Waals surface area contributed by atoms with Crippen LogP contribution < -0.4 is 19.5 Å². The molecule has 196 valence electrons. The maximum Gasteiger partial charge on any atom is 0.266 e. The molecule has 0 heterocycles. The van der Waals surface area contributed by atoms with E-state index in [1.807, 2.05) is 36.4 Å². The highest BCUT2D eigenvalue weighted by Gasteiger charge is 2.14. The first kappa shape index (κ1) is 27.4. The number of anilines is 1. The number of carbonyl (C=O) groups is 1. The monoisotopic (exact) mass is 586 g/mol. The fraction of sp³-hybridized carbons (Fsp3) is 0.0968. The van der Waals surface area contributed by atoms with Crippen LogP contribution >= 0.6 is 15.9 Å². The van der Waals surface area contributed by atoms with E-state index in [0.29, 0.717) is 39.6 Å². The molecule has 0 aliphatic heterocycles. The van der Waals surface area contributed by atoms with Gasteiger partial charge < -0.3 is 19.5 Å². The van der Waals surface area contributed by atoms with Crippen molar-refractivity contribution in [3.63, 3.8) is 0 Å². The summed E-state index contributed by atoms with van der Waals surface area (Å²) in [6.07, 6.45) is 1.46. The summed E-state index contributed by atoms with van der Waals surface area (Å²) >= 11 is 3.47. The summed E-state index contributed by atoms with van der Waals surface area (Å²) in [5, 5.41) is 12.4. The van der Waals surface area contributed by atoms with Crippen LogP contribution in [-0.4, -0.2) is 13.0 Å². The molecule has 1 amide bonds. The van der Waals surface area contributed by atoms with E-state index < -0.39 is 5.91 Å². The number of benzene rings is 4. The van der Waals surface area contributed by atoms with Gasteiger partial charge in [0.05, 0.1) is 7.11 Å². The second-order valence-electron chi connectivity index (χ2n) is 8.36. The average Bonchev–Trinajstić information content (AvgIpc) is 2.96.